The molecule has 2 atom stereocenters. The van der Waals surface area contributed by atoms with Crippen molar-refractivity contribution in [1.29, 1.82) is 0 Å². The SMILES string of the molecule is CCOC(=O)C1(C(=O)OCC)[C@H](C)C[C@@H]2OCOCN21. The van der Waals surface area contributed by atoms with Crippen molar-refractivity contribution < 1.29 is 28.5 Å². The third-order valence-electron chi connectivity index (χ3n) is 3.82. The van der Waals surface area contributed by atoms with E-state index in [1.165, 1.54) is 0 Å². The van der Waals surface area contributed by atoms with Crippen LogP contribution in [0.5, 0.6) is 0 Å². The molecule has 20 heavy (non-hydrogen) atoms. The predicted octanol–water partition coefficient (Wildman–Crippen LogP) is 0.481. The van der Waals surface area contributed by atoms with E-state index in [1.807, 2.05) is 6.92 Å². The van der Waals surface area contributed by atoms with Crippen LogP contribution in [0.2, 0.25) is 0 Å². The standard InChI is InChI=1S/C13H21NO6/c1-4-18-11(15)13(12(16)19-5-2)9(3)6-10-14(13)7-17-8-20-10/h9-10H,4-8H2,1-3H3/t9-,10+/m1/s1. The maximum Gasteiger partial charge on any atom is 0.338 e. The number of fused-ring (bicyclic) bond motifs is 1. The molecule has 0 N–H and O–H groups in total. The predicted molar refractivity (Wildman–Crippen MR) is 67.3 cm³/mol. The van der Waals surface area contributed by atoms with E-state index in [0.717, 1.165) is 0 Å². The molecule has 0 spiro atoms. The van der Waals surface area contributed by atoms with Gasteiger partial charge in [-0.3, -0.25) is 0 Å². The quantitative estimate of drug-likeness (QED) is 0.550. The Kier molecular flexibility index (Phi) is 4.62. The van der Waals surface area contributed by atoms with Crippen molar-refractivity contribution in [2.24, 2.45) is 5.92 Å². The van der Waals surface area contributed by atoms with E-state index in [0.29, 0.717) is 6.42 Å². The Morgan fingerprint density at radius 3 is 2.40 bits per heavy atom. The summed E-state index contributed by atoms with van der Waals surface area (Å²) >= 11 is 0. The third kappa shape index (κ3) is 2.19. The van der Waals surface area contributed by atoms with Crippen molar-refractivity contribution in [2.75, 3.05) is 26.7 Å². The van der Waals surface area contributed by atoms with E-state index < -0.39 is 17.5 Å². The van der Waals surface area contributed by atoms with E-state index in [9.17, 15) is 9.59 Å². The average molecular weight is 287 g/mol. The van der Waals surface area contributed by atoms with Crippen molar-refractivity contribution in [3.8, 4) is 0 Å². The third-order valence-corrected chi connectivity index (χ3v) is 3.82. The van der Waals surface area contributed by atoms with Crippen LogP contribution in [0.15, 0.2) is 0 Å². The minimum absolute atomic E-state index is 0.145. The zero-order valence-electron chi connectivity index (χ0n) is 12.1. The topological polar surface area (TPSA) is 74.3 Å². The van der Waals surface area contributed by atoms with E-state index in [1.54, 1.807) is 18.7 Å². The van der Waals surface area contributed by atoms with Gasteiger partial charge < -0.3 is 18.9 Å². The molecule has 0 bridgehead atoms. The lowest BCUT2D eigenvalue weighted by molar-refractivity contribution is -0.243. The number of hydrogen-bond donors (Lipinski definition) is 0. The molecule has 0 aromatic carbocycles. The van der Waals surface area contributed by atoms with Crippen LogP contribution in [0.25, 0.3) is 0 Å². The minimum Gasteiger partial charge on any atom is -0.464 e. The number of esters is 2. The summed E-state index contributed by atoms with van der Waals surface area (Å²) in [5, 5.41) is 0. The second kappa shape index (κ2) is 6.07. The Bertz CT molecular complexity index is 367. The zero-order chi connectivity index (χ0) is 14.8. The number of ether oxygens (including phenoxy) is 4. The van der Waals surface area contributed by atoms with Gasteiger partial charge >= 0.3 is 11.9 Å². The average Bonchev–Trinajstić information content (AvgIpc) is 2.72. The monoisotopic (exact) mass is 287 g/mol. The Morgan fingerprint density at radius 2 is 1.85 bits per heavy atom. The zero-order valence-corrected chi connectivity index (χ0v) is 12.1. The molecule has 2 rings (SSSR count). The van der Waals surface area contributed by atoms with Crippen molar-refractivity contribution in [3.05, 3.63) is 0 Å². The molecule has 7 heteroatoms. The second-order valence-corrected chi connectivity index (χ2v) is 4.89. The Hall–Kier alpha value is -1.18. The summed E-state index contributed by atoms with van der Waals surface area (Å²) < 4.78 is 21.0. The highest BCUT2D eigenvalue weighted by Crippen LogP contribution is 2.42. The Balaban J connectivity index is 2.38. The fourth-order valence-corrected chi connectivity index (χ4v) is 2.92. The van der Waals surface area contributed by atoms with Crippen LogP contribution in [0.1, 0.15) is 27.2 Å². The van der Waals surface area contributed by atoms with Gasteiger partial charge in [-0.1, -0.05) is 6.92 Å². The Morgan fingerprint density at radius 1 is 1.25 bits per heavy atom. The van der Waals surface area contributed by atoms with Gasteiger partial charge in [-0.05, 0) is 20.3 Å². The summed E-state index contributed by atoms with van der Waals surface area (Å²) in [5.74, 6) is -1.46. The maximum absolute atomic E-state index is 12.5. The van der Waals surface area contributed by atoms with Gasteiger partial charge in [0.25, 0.3) is 0 Å². The lowest BCUT2D eigenvalue weighted by atomic mass is 9.86. The second-order valence-electron chi connectivity index (χ2n) is 4.89. The van der Waals surface area contributed by atoms with Crippen LogP contribution in [-0.2, 0) is 28.5 Å². The van der Waals surface area contributed by atoms with E-state index in [-0.39, 0.29) is 38.9 Å². The molecule has 2 aliphatic rings. The molecule has 2 heterocycles. The summed E-state index contributed by atoms with van der Waals surface area (Å²) in [6.07, 6.45) is 0.230. The van der Waals surface area contributed by atoms with Gasteiger partial charge in [0, 0.05) is 5.92 Å². The first-order valence-electron chi connectivity index (χ1n) is 6.89. The van der Waals surface area contributed by atoms with E-state index in [4.69, 9.17) is 18.9 Å². The van der Waals surface area contributed by atoms with Crippen LogP contribution < -0.4 is 0 Å². The van der Waals surface area contributed by atoms with Crippen LogP contribution >= 0.6 is 0 Å². The first-order chi connectivity index (χ1) is 9.58. The number of nitrogens with zero attached hydrogens (tertiary/aromatic N) is 1. The smallest absolute Gasteiger partial charge is 0.338 e. The molecule has 0 saturated carbocycles. The number of carbonyl (C=O) groups is 2. The molecule has 0 aromatic heterocycles. The normalized spacial score (nSPS) is 28.8. The minimum atomic E-state index is -1.48. The fraction of sp³-hybridized carbons (Fsp3) is 0.846. The number of hydrogen-bond acceptors (Lipinski definition) is 7. The molecule has 2 fully saturated rings. The first kappa shape index (κ1) is 15.2. The summed E-state index contributed by atoms with van der Waals surface area (Å²) in [6, 6.07) is 0. The van der Waals surface area contributed by atoms with E-state index >= 15 is 0 Å². The molecule has 2 saturated heterocycles. The molecule has 0 amide bonds. The molecule has 2 aliphatic heterocycles. The summed E-state index contributed by atoms with van der Waals surface area (Å²) in [6.45, 7) is 5.95. The highest BCUT2D eigenvalue weighted by atomic mass is 16.7. The van der Waals surface area contributed by atoms with Gasteiger partial charge in [0.2, 0.25) is 5.54 Å². The van der Waals surface area contributed by atoms with Gasteiger partial charge in [0.05, 0.1) is 13.2 Å². The first-order valence-corrected chi connectivity index (χ1v) is 6.89. The molecule has 0 unspecified atom stereocenters. The van der Waals surface area contributed by atoms with Crippen molar-refractivity contribution in [2.45, 2.75) is 39.0 Å². The molecule has 0 radical (unpaired) electrons. The van der Waals surface area contributed by atoms with Gasteiger partial charge in [0.1, 0.15) is 13.0 Å². The molecular weight excluding hydrogens is 266 g/mol. The molecule has 114 valence electrons. The molecular formula is C13H21NO6. The lowest BCUT2D eigenvalue weighted by Crippen LogP contribution is -2.64. The van der Waals surface area contributed by atoms with Gasteiger partial charge in [0.15, 0.2) is 6.79 Å². The van der Waals surface area contributed by atoms with Crippen LogP contribution in [-0.4, -0.2) is 55.3 Å². The van der Waals surface area contributed by atoms with Crippen molar-refractivity contribution in [3.63, 3.8) is 0 Å². The largest absolute Gasteiger partial charge is 0.464 e. The van der Waals surface area contributed by atoms with Crippen molar-refractivity contribution >= 4 is 11.9 Å². The van der Waals surface area contributed by atoms with Crippen LogP contribution in [0.3, 0.4) is 0 Å². The maximum atomic E-state index is 12.5. The van der Waals surface area contributed by atoms with Crippen LogP contribution in [0, 0.1) is 5.92 Å². The number of rotatable bonds is 4. The summed E-state index contributed by atoms with van der Waals surface area (Å²) in [7, 11) is 0. The summed E-state index contributed by atoms with van der Waals surface area (Å²) in [4.78, 5) is 26.6. The summed E-state index contributed by atoms with van der Waals surface area (Å²) in [5.41, 5.74) is -1.48. The molecule has 0 aliphatic carbocycles. The van der Waals surface area contributed by atoms with Gasteiger partial charge in [-0.25, -0.2) is 14.5 Å². The molecule has 0 aromatic rings. The van der Waals surface area contributed by atoms with Crippen molar-refractivity contribution in [1.82, 2.24) is 4.90 Å². The lowest BCUT2D eigenvalue weighted by Gasteiger charge is -2.39. The highest BCUT2D eigenvalue weighted by molar-refractivity contribution is 6.05. The molecule has 7 nitrogen and oxygen atoms in total. The Labute approximate surface area is 118 Å². The van der Waals surface area contributed by atoms with Crippen LogP contribution in [0.4, 0.5) is 0 Å². The van der Waals surface area contributed by atoms with Gasteiger partial charge in [-0.2, -0.15) is 0 Å². The van der Waals surface area contributed by atoms with E-state index in [2.05, 4.69) is 0 Å². The highest BCUT2D eigenvalue weighted by Gasteiger charge is 2.65. The fourth-order valence-electron chi connectivity index (χ4n) is 2.92. The van der Waals surface area contributed by atoms with Gasteiger partial charge in [-0.15, -0.1) is 0 Å². The number of carbonyl (C=O) groups excluding carboxylic acids is 2.